The Hall–Kier alpha value is -2.52. The van der Waals surface area contributed by atoms with Gasteiger partial charge in [0, 0.05) is 12.4 Å². The molecule has 0 unspecified atom stereocenters. The summed E-state index contributed by atoms with van der Waals surface area (Å²) in [6.45, 7) is -0.0458. The first-order valence-corrected chi connectivity index (χ1v) is 7.21. The number of primary sulfonamides is 1. The number of hydrogen-bond acceptors (Lipinski definition) is 6. The van der Waals surface area contributed by atoms with E-state index in [-0.39, 0.29) is 22.8 Å². The second-order valence-electron chi connectivity index (χ2n) is 3.96. The molecule has 0 atom stereocenters. The second kappa shape index (κ2) is 5.85. The average Bonchev–Trinajstić information content (AvgIpc) is 2.45. The van der Waals surface area contributed by atoms with E-state index in [1.165, 1.54) is 24.5 Å². The summed E-state index contributed by atoms with van der Waals surface area (Å²) in [4.78, 5) is 18.7. The first kappa shape index (κ1) is 14.9. The monoisotopic (exact) mass is 309 g/mol. The summed E-state index contributed by atoms with van der Waals surface area (Å²) in [7, 11) is -3.99. The van der Waals surface area contributed by atoms with Crippen LogP contribution in [0.15, 0.2) is 41.6 Å². The smallest absolute Gasteiger partial charge is 0.339 e. The molecule has 0 saturated heterocycles. The molecule has 0 saturated carbocycles. The average molecular weight is 309 g/mol. The van der Waals surface area contributed by atoms with E-state index in [4.69, 9.17) is 15.0 Å². The van der Waals surface area contributed by atoms with Gasteiger partial charge in [-0.05, 0) is 24.3 Å². The summed E-state index contributed by atoms with van der Waals surface area (Å²) in [5.74, 6) is -0.962. The molecule has 0 spiro atoms. The van der Waals surface area contributed by atoms with Gasteiger partial charge in [-0.1, -0.05) is 0 Å². The maximum Gasteiger partial charge on any atom is 0.339 e. The highest BCUT2D eigenvalue weighted by Crippen LogP contribution is 2.23. The highest BCUT2D eigenvalue weighted by Gasteiger charge is 2.17. The van der Waals surface area contributed by atoms with Crippen molar-refractivity contribution >= 4 is 16.0 Å². The lowest BCUT2D eigenvalue weighted by atomic mass is 10.2. The third-order valence-corrected chi connectivity index (χ3v) is 3.40. The Morgan fingerprint density at radius 1 is 1.29 bits per heavy atom. The fraction of sp³-hybridized carbons (Fsp3) is 0.0833. The van der Waals surface area contributed by atoms with E-state index < -0.39 is 16.0 Å². The number of aromatic carboxylic acids is 1. The lowest BCUT2D eigenvalue weighted by molar-refractivity contribution is 0.0691. The number of carboxylic acid groups (broad SMARTS) is 1. The largest absolute Gasteiger partial charge is 0.485 e. The van der Waals surface area contributed by atoms with Crippen LogP contribution in [-0.2, 0) is 16.6 Å². The van der Waals surface area contributed by atoms with Gasteiger partial charge in [-0.25, -0.2) is 28.3 Å². The predicted octanol–water partition coefficient (Wildman–Crippen LogP) is 0.401. The van der Waals surface area contributed by atoms with Gasteiger partial charge in [0.25, 0.3) is 0 Å². The van der Waals surface area contributed by atoms with Gasteiger partial charge in [0.2, 0.25) is 10.0 Å². The van der Waals surface area contributed by atoms with E-state index in [2.05, 4.69) is 9.97 Å². The van der Waals surface area contributed by atoms with Crippen LogP contribution in [0.5, 0.6) is 5.75 Å². The molecule has 8 nitrogen and oxygen atoms in total. The first-order valence-electron chi connectivity index (χ1n) is 5.67. The summed E-state index contributed by atoms with van der Waals surface area (Å²) in [6.07, 6.45) is 3.04. The van der Waals surface area contributed by atoms with Crippen LogP contribution in [0.1, 0.15) is 16.2 Å². The first-order chi connectivity index (χ1) is 9.88. The molecule has 0 aliphatic heterocycles. The molecule has 2 aromatic rings. The predicted molar refractivity (Wildman–Crippen MR) is 71.1 cm³/mol. The van der Waals surface area contributed by atoms with Crippen LogP contribution in [0.4, 0.5) is 0 Å². The fourth-order valence-corrected chi connectivity index (χ4v) is 2.07. The third-order valence-electron chi connectivity index (χ3n) is 2.49. The summed E-state index contributed by atoms with van der Waals surface area (Å²) >= 11 is 0. The van der Waals surface area contributed by atoms with Crippen molar-refractivity contribution in [1.82, 2.24) is 9.97 Å². The number of nitrogens with zero attached hydrogens (tertiary/aromatic N) is 2. The van der Waals surface area contributed by atoms with E-state index in [0.29, 0.717) is 5.82 Å². The third kappa shape index (κ3) is 3.74. The van der Waals surface area contributed by atoms with Crippen molar-refractivity contribution in [3.63, 3.8) is 0 Å². The van der Waals surface area contributed by atoms with Crippen molar-refractivity contribution in [3.05, 3.63) is 48.0 Å². The van der Waals surface area contributed by atoms with Gasteiger partial charge in [0.15, 0.2) is 5.82 Å². The minimum atomic E-state index is -3.99. The van der Waals surface area contributed by atoms with Crippen molar-refractivity contribution in [1.29, 1.82) is 0 Å². The molecule has 1 heterocycles. The van der Waals surface area contributed by atoms with Crippen molar-refractivity contribution < 1.29 is 23.1 Å². The summed E-state index contributed by atoms with van der Waals surface area (Å²) < 4.78 is 27.8. The van der Waals surface area contributed by atoms with Crippen LogP contribution in [0.25, 0.3) is 0 Å². The minimum Gasteiger partial charge on any atom is -0.485 e. The van der Waals surface area contributed by atoms with Crippen LogP contribution in [0.3, 0.4) is 0 Å². The Balaban J connectivity index is 2.29. The van der Waals surface area contributed by atoms with Crippen molar-refractivity contribution in [2.75, 3.05) is 0 Å². The Labute approximate surface area is 120 Å². The van der Waals surface area contributed by atoms with Crippen LogP contribution in [0.2, 0.25) is 0 Å². The number of aromatic nitrogens is 2. The molecule has 1 aromatic heterocycles. The normalized spacial score (nSPS) is 11.1. The minimum absolute atomic E-state index is 0.00218. The summed E-state index contributed by atoms with van der Waals surface area (Å²) in [5, 5.41) is 14.1. The van der Waals surface area contributed by atoms with Gasteiger partial charge in [-0.2, -0.15) is 0 Å². The quantitative estimate of drug-likeness (QED) is 0.816. The number of benzene rings is 1. The number of ether oxygens (including phenoxy) is 1. The maximum absolute atomic E-state index is 11.2. The number of hydrogen-bond donors (Lipinski definition) is 2. The van der Waals surface area contributed by atoms with E-state index in [0.717, 1.165) is 6.07 Å². The molecule has 21 heavy (non-hydrogen) atoms. The standard InChI is InChI=1S/C12H11N3O5S/c13-21(18,19)8-2-3-10(9(6-8)12(16)17)20-7-11-14-4-1-5-15-11/h1-6H,7H2,(H,16,17)(H2,13,18,19). The SMILES string of the molecule is NS(=O)(=O)c1ccc(OCc2ncccn2)c(C(=O)O)c1. The molecular formula is C12H11N3O5S. The van der Waals surface area contributed by atoms with Crippen LogP contribution in [-0.4, -0.2) is 29.5 Å². The van der Waals surface area contributed by atoms with Crippen molar-refractivity contribution in [2.45, 2.75) is 11.5 Å². The van der Waals surface area contributed by atoms with E-state index >= 15 is 0 Å². The number of carboxylic acids is 1. The Bertz CT molecular complexity index is 762. The molecule has 0 bridgehead atoms. The van der Waals surface area contributed by atoms with Gasteiger partial charge in [-0.15, -0.1) is 0 Å². The molecule has 0 aliphatic carbocycles. The molecule has 9 heteroatoms. The maximum atomic E-state index is 11.2. The van der Waals surface area contributed by atoms with Crippen molar-refractivity contribution in [2.24, 2.45) is 5.14 Å². The fourth-order valence-electron chi connectivity index (χ4n) is 1.53. The Morgan fingerprint density at radius 3 is 2.52 bits per heavy atom. The zero-order chi connectivity index (χ0) is 15.5. The molecule has 1 aromatic carbocycles. The van der Waals surface area contributed by atoms with E-state index in [1.54, 1.807) is 6.07 Å². The molecule has 0 radical (unpaired) electrons. The van der Waals surface area contributed by atoms with Crippen LogP contribution in [0, 0.1) is 0 Å². The molecular weight excluding hydrogens is 298 g/mol. The zero-order valence-corrected chi connectivity index (χ0v) is 11.4. The highest BCUT2D eigenvalue weighted by atomic mass is 32.2. The lowest BCUT2D eigenvalue weighted by Gasteiger charge is -2.09. The Morgan fingerprint density at radius 2 is 1.95 bits per heavy atom. The molecule has 3 N–H and O–H groups in total. The molecule has 110 valence electrons. The summed E-state index contributed by atoms with van der Waals surface area (Å²) in [6, 6.07) is 4.97. The topological polar surface area (TPSA) is 132 Å². The van der Waals surface area contributed by atoms with Crippen LogP contribution < -0.4 is 9.88 Å². The van der Waals surface area contributed by atoms with E-state index in [1.807, 2.05) is 0 Å². The molecule has 0 aliphatic rings. The second-order valence-corrected chi connectivity index (χ2v) is 5.52. The number of sulfonamides is 1. The molecule has 0 fully saturated rings. The number of carbonyl (C=O) groups is 1. The number of rotatable bonds is 5. The Kier molecular flexibility index (Phi) is 4.15. The number of nitrogens with two attached hydrogens (primary N) is 1. The molecule has 0 amide bonds. The zero-order valence-electron chi connectivity index (χ0n) is 10.6. The van der Waals surface area contributed by atoms with Crippen molar-refractivity contribution in [3.8, 4) is 5.75 Å². The van der Waals surface area contributed by atoms with Gasteiger partial charge >= 0.3 is 5.97 Å². The van der Waals surface area contributed by atoms with Crippen LogP contribution >= 0.6 is 0 Å². The van der Waals surface area contributed by atoms with Gasteiger partial charge in [0.05, 0.1) is 4.90 Å². The van der Waals surface area contributed by atoms with E-state index in [9.17, 15) is 13.2 Å². The molecule has 2 rings (SSSR count). The van der Waals surface area contributed by atoms with Gasteiger partial charge < -0.3 is 9.84 Å². The van der Waals surface area contributed by atoms with Gasteiger partial charge in [-0.3, -0.25) is 0 Å². The summed E-state index contributed by atoms with van der Waals surface area (Å²) in [5.41, 5.74) is -0.308. The van der Waals surface area contributed by atoms with Gasteiger partial charge in [0.1, 0.15) is 17.9 Å². The highest BCUT2D eigenvalue weighted by molar-refractivity contribution is 7.89. The lowest BCUT2D eigenvalue weighted by Crippen LogP contribution is -2.14.